The predicted molar refractivity (Wildman–Crippen MR) is 78.0 cm³/mol. The summed E-state index contributed by atoms with van der Waals surface area (Å²) in [6, 6.07) is 0. The van der Waals surface area contributed by atoms with Crippen LogP contribution in [0.5, 0.6) is 0 Å². The molecule has 0 amide bonds. The highest BCUT2D eigenvalue weighted by molar-refractivity contribution is 7.19. The van der Waals surface area contributed by atoms with E-state index in [2.05, 4.69) is 15.3 Å². The summed E-state index contributed by atoms with van der Waals surface area (Å²) in [5, 5.41) is 4.03. The Bertz CT molecular complexity index is 664. The second kappa shape index (κ2) is 5.44. The van der Waals surface area contributed by atoms with Gasteiger partial charge in [-0.05, 0) is 31.2 Å². The Balaban J connectivity index is 2.01. The number of alkyl halides is 3. The van der Waals surface area contributed by atoms with Gasteiger partial charge in [0.2, 0.25) is 0 Å². The fourth-order valence-corrected chi connectivity index (χ4v) is 4.03. The zero-order valence-electron chi connectivity index (χ0n) is 11.7. The Kier molecular flexibility index (Phi) is 3.77. The van der Waals surface area contributed by atoms with Gasteiger partial charge in [-0.25, -0.2) is 9.97 Å². The molecule has 1 aliphatic carbocycles. The lowest BCUT2D eigenvalue weighted by molar-refractivity contribution is -0.134. The zero-order valence-corrected chi connectivity index (χ0v) is 12.5. The Morgan fingerprint density at radius 3 is 2.67 bits per heavy atom. The summed E-state index contributed by atoms with van der Waals surface area (Å²) in [7, 11) is 1.75. The predicted octanol–water partition coefficient (Wildman–Crippen LogP) is 4.11. The number of nitrogens with one attached hydrogen (secondary N) is 1. The number of aromatic nitrogens is 2. The van der Waals surface area contributed by atoms with Gasteiger partial charge in [0.05, 0.1) is 11.8 Å². The number of nitrogens with zero attached hydrogens (tertiary/aromatic N) is 2. The van der Waals surface area contributed by atoms with Gasteiger partial charge < -0.3 is 5.32 Å². The monoisotopic (exact) mass is 315 g/mol. The molecular weight excluding hydrogens is 299 g/mol. The smallest absolute Gasteiger partial charge is 0.372 e. The van der Waals surface area contributed by atoms with Crippen molar-refractivity contribution in [3.63, 3.8) is 0 Å². The van der Waals surface area contributed by atoms with Crippen molar-refractivity contribution in [1.29, 1.82) is 0 Å². The number of hydrogen-bond donors (Lipinski definition) is 1. The fraction of sp³-hybridized carbons (Fsp3) is 0.571. The molecule has 0 unspecified atom stereocenters. The lowest BCUT2D eigenvalue weighted by Crippen LogP contribution is -2.11. The SMILES string of the molecule is CNc1nc(CCC(F)(F)F)nc2sc3c(c12)CCCC3. The molecule has 1 N–H and O–H groups in total. The number of anilines is 1. The largest absolute Gasteiger partial charge is 0.389 e. The van der Waals surface area contributed by atoms with Crippen molar-refractivity contribution in [3.8, 4) is 0 Å². The summed E-state index contributed by atoms with van der Waals surface area (Å²) in [4.78, 5) is 10.8. The van der Waals surface area contributed by atoms with Crippen molar-refractivity contribution in [2.45, 2.75) is 44.7 Å². The second-order valence-corrected chi connectivity index (χ2v) is 6.33. The van der Waals surface area contributed by atoms with Crippen LogP contribution in [0.25, 0.3) is 10.2 Å². The van der Waals surface area contributed by atoms with E-state index >= 15 is 0 Å². The average molecular weight is 315 g/mol. The van der Waals surface area contributed by atoms with Gasteiger partial charge in [0.25, 0.3) is 0 Å². The molecule has 0 aliphatic heterocycles. The Morgan fingerprint density at radius 1 is 1.19 bits per heavy atom. The molecule has 1 aliphatic rings. The first kappa shape index (κ1) is 14.6. The molecule has 2 heterocycles. The molecule has 3 rings (SSSR count). The number of fused-ring (bicyclic) bond motifs is 3. The summed E-state index contributed by atoms with van der Waals surface area (Å²) < 4.78 is 37.1. The van der Waals surface area contributed by atoms with Crippen LogP contribution in [0.4, 0.5) is 19.0 Å². The Morgan fingerprint density at radius 2 is 1.95 bits per heavy atom. The quantitative estimate of drug-likeness (QED) is 0.926. The number of hydrogen-bond acceptors (Lipinski definition) is 4. The van der Waals surface area contributed by atoms with Crippen LogP contribution in [0, 0.1) is 0 Å². The van der Waals surface area contributed by atoms with Crippen LogP contribution in [0.3, 0.4) is 0 Å². The first-order chi connectivity index (χ1) is 9.98. The molecule has 0 radical (unpaired) electrons. The summed E-state index contributed by atoms with van der Waals surface area (Å²) in [6.07, 6.45) is -0.857. The molecule has 7 heteroatoms. The van der Waals surface area contributed by atoms with Gasteiger partial charge in [0.15, 0.2) is 0 Å². The minimum Gasteiger partial charge on any atom is -0.372 e. The maximum absolute atomic E-state index is 12.4. The molecule has 3 nitrogen and oxygen atoms in total. The zero-order chi connectivity index (χ0) is 15.0. The molecular formula is C14H16F3N3S. The van der Waals surface area contributed by atoms with Crippen LogP contribution in [0.1, 0.15) is 35.5 Å². The van der Waals surface area contributed by atoms with E-state index in [1.165, 1.54) is 16.9 Å². The van der Waals surface area contributed by atoms with Gasteiger partial charge in [0, 0.05) is 18.3 Å². The average Bonchev–Trinajstić information content (AvgIpc) is 2.81. The van der Waals surface area contributed by atoms with Gasteiger partial charge >= 0.3 is 6.18 Å². The van der Waals surface area contributed by atoms with Gasteiger partial charge in [-0.1, -0.05) is 0 Å². The molecule has 0 bridgehead atoms. The third-order valence-corrected chi connectivity index (χ3v) is 4.92. The van der Waals surface area contributed by atoms with E-state index in [1.54, 1.807) is 18.4 Å². The van der Waals surface area contributed by atoms with E-state index in [0.29, 0.717) is 5.82 Å². The molecule has 0 spiro atoms. The summed E-state index contributed by atoms with van der Waals surface area (Å²) in [5.74, 6) is 0.930. The van der Waals surface area contributed by atoms with E-state index in [9.17, 15) is 13.2 Å². The van der Waals surface area contributed by atoms with E-state index in [1.807, 2.05) is 0 Å². The maximum Gasteiger partial charge on any atom is 0.389 e. The van der Waals surface area contributed by atoms with E-state index in [-0.39, 0.29) is 12.2 Å². The molecule has 0 aromatic carbocycles. The minimum atomic E-state index is -4.17. The van der Waals surface area contributed by atoms with Gasteiger partial charge in [-0.3, -0.25) is 0 Å². The van der Waals surface area contributed by atoms with Crippen molar-refractivity contribution < 1.29 is 13.2 Å². The number of halogens is 3. The molecule has 0 atom stereocenters. The number of rotatable bonds is 3. The summed E-state index contributed by atoms with van der Waals surface area (Å²) in [5.41, 5.74) is 1.29. The van der Waals surface area contributed by atoms with Crippen LogP contribution < -0.4 is 5.32 Å². The first-order valence-electron chi connectivity index (χ1n) is 7.03. The molecule has 21 heavy (non-hydrogen) atoms. The van der Waals surface area contributed by atoms with Crippen molar-refractivity contribution in [2.75, 3.05) is 12.4 Å². The first-order valence-corrected chi connectivity index (χ1v) is 7.85. The minimum absolute atomic E-state index is 0.170. The molecule has 0 fully saturated rings. The molecule has 0 saturated carbocycles. The van der Waals surface area contributed by atoms with Crippen LogP contribution >= 0.6 is 11.3 Å². The van der Waals surface area contributed by atoms with Crippen LogP contribution in [-0.4, -0.2) is 23.2 Å². The third-order valence-electron chi connectivity index (χ3n) is 3.73. The van der Waals surface area contributed by atoms with Gasteiger partial charge in [0.1, 0.15) is 16.5 Å². The van der Waals surface area contributed by atoms with Crippen LogP contribution in [0.15, 0.2) is 0 Å². The van der Waals surface area contributed by atoms with Crippen molar-refractivity contribution in [2.24, 2.45) is 0 Å². The van der Waals surface area contributed by atoms with Gasteiger partial charge in [-0.2, -0.15) is 13.2 Å². The molecule has 2 aromatic rings. The Hall–Kier alpha value is -1.37. The highest BCUT2D eigenvalue weighted by atomic mass is 32.1. The number of thiophene rings is 1. The van der Waals surface area contributed by atoms with E-state index in [0.717, 1.165) is 29.5 Å². The van der Waals surface area contributed by atoms with Crippen LogP contribution in [0.2, 0.25) is 0 Å². The summed E-state index contributed by atoms with van der Waals surface area (Å²) in [6.45, 7) is 0. The topological polar surface area (TPSA) is 37.8 Å². The van der Waals surface area contributed by atoms with Crippen molar-refractivity contribution >= 4 is 27.4 Å². The molecule has 2 aromatic heterocycles. The number of aryl methyl sites for hydroxylation is 3. The highest BCUT2D eigenvalue weighted by Crippen LogP contribution is 2.38. The normalized spacial score (nSPS) is 15.2. The Labute approximate surface area is 124 Å². The standard InChI is InChI=1S/C14H16F3N3S/c1-18-12-11-8-4-2-3-5-9(8)21-13(11)20-10(19-12)6-7-14(15,16)17/h2-7H2,1H3,(H,18,19,20). The second-order valence-electron chi connectivity index (χ2n) is 5.24. The maximum atomic E-state index is 12.4. The van der Waals surface area contributed by atoms with Crippen LogP contribution in [-0.2, 0) is 19.3 Å². The van der Waals surface area contributed by atoms with Crippen molar-refractivity contribution in [3.05, 3.63) is 16.3 Å². The lowest BCUT2D eigenvalue weighted by Gasteiger charge is -2.12. The third kappa shape index (κ3) is 2.97. The molecule has 114 valence electrons. The lowest BCUT2D eigenvalue weighted by atomic mass is 9.97. The summed E-state index contributed by atoms with van der Waals surface area (Å²) >= 11 is 1.60. The fourth-order valence-electron chi connectivity index (χ4n) is 2.75. The molecule has 0 saturated heterocycles. The van der Waals surface area contributed by atoms with Crippen molar-refractivity contribution in [1.82, 2.24) is 9.97 Å². The van der Waals surface area contributed by atoms with Gasteiger partial charge in [-0.15, -0.1) is 11.3 Å². The van der Waals surface area contributed by atoms with E-state index < -0.39 is 12.6 Å². The highest BCUT2D eigenvalue weighted by Gasteiger charge is 2.28. The van der Waals surface area contributed by atoms with E-state index in [4.69, 9.17) is 0 Å².